The second-order valence-corrected chi connectivity index (χ2v) is 4.71. The van der Waals surface area contributed by atoms with E-state index in [0.717, 1.165) is 13.0 Å². The first-order valence-corrected chi connectivity index (χ1v) is 6.74. The molecule has 0 fully saturated rings. The van der Waals surface area contributed by atoms with Gasteiger partial charge in [-0.3, -0.25) is 0 Å². The summed E-state index contributed by atoms with van der Waals surface area (Å²) in [7, 11) is 0. The highest BCUT2D eigenvalue weighted by atomic mass is 15.0. The van der Waals surface area contributed by atoms with Crippen molar-refractivity contribution in [1.82, 2.24) is 4.57 Å². The number of rotatable bonds is 7. The molecule has 0 bridgehead atoms. The van der Waals surface area contributed by atoms with E-state index in [1.165, 1.54) is 35.7 Å². The lowest BCUT2D eigenvalue weighted by atomic mass is 10.2. The predicted molar refractivity (Wildman–Crippen MR) is 78.5 cm³/mol. The Hall–Kier alpha value is -1.54. The quantitative estimate of drug-likeness (QED) is 0.580. The van der Waals surface area contributed by atoms with Gasteiger partial charge in [-0.1, -0.05) is 30.7 Å². The normalized spacial score (nSPS) is 10.9. The van der Waals surface area contributed by atoms with Gasteiger partial charge in [0.05, 0.1) is 0 Å². The molecule has 0 saturated heterocycles. The lowest BCUT2D eigenvalue weighted by Gasteiger charge is -2.04. The Morgan fingerprint density at radius 2 is 2.00 bits per heavy atom. The van der Waals surface area contributed by atoms with Crippen molar-refractivity contribution in [2.75, 3.05) is 0 Å². The summed E-state index contributed by atoms with van der Waals surface area (Å²) in [4.78, 5) is 0. The Balaban J connectivity index is 2.06. The molecule has 2 nitrogen and oxygen atoms in total. The highest BCUT2D eigenvalue weighted by Gasteiger charge is 2.05. The van der Waals surface area contributed by atoms with E-state index in [4.69, 9.17) is 5.73 Å². The number of hydrogen-bond donors (Lipinski definition) is 1. The smallest absolute Gasteiger partial charge is 0.0483 e. The summed E-state index contributed by atoms with van der Waals surface area (Å²) in [5.41, 5.74) is 8.35. The molecule has 1 aromatic carbocycles. The summed E-state index contributed by atoms with van der Waals surface area (Å²) in [6.45, 7) is 5.45. The van der Waals surface area contributed by atoms with Crippen LogP contribution in [0.4, 0.5) is 0 Å². The summed E-state index contributed by atoms with van der Waals surface area (Å²) >= 11 is 0. The average Bonchev–Trinajstić information content (AvgIpc) is 2.77. The number of nitrogens with zero attached hydrogens (tertiary/aromatic N) is 1. The lowest BCUT2D eigenvalue weighted by molar-refractivity contribution is 0.602. The minimum atomic E-state index is 0.615. The molecule has 0 atom stereocenters. The number of unbranched alkanes of at least 4 members (excludes halogenated alkanes) is 3. The fourth-order valence-electron chi connectivity index (χ4n) is 2.42. The Morgan fingerprint density at radius 1 is 1.17 bits per heavy atom. The van der Waals surface area contributed by atoms with E-state index in [9.17, 15) is 0 Å². The van der Waals surface area contributed by atoms with E-state index in [-0.39, 0.29) is 0 Å². The summed E-state index contributed by atoms with van der Waals surface area (Å²) in [5, 5.41) is 1.30. The van der Waals surface area contributed by atoms with E-state index in [2.05, 4.69) is 41.6 Å². The van der Waals surface area contributed by atoms with Crippen molar-refractivity contribution in [2.45, 2.75) is 38.8 Å². The van der Waals surface area contributed by atoms with Crippen LogP contribution in [0.25, 0.3) is 10.9 Å². The number of benzene rings is 1. The van der Waals surface area contributed by atoms with Crippen LogP contribution < -0.4 is 5.73 Å². The molecule has 2 rings (SSSR count). The van der Waals surface area contributed by atoms with E-state index in [0.29, 0.717) is 6.54 Å². The van der Waals surface area contributed by atoms with Crippen molar-refractivity contribution in [1.29, 1.82) is 0 Å². The molecule has 1 aromatic heterocycles. The van der Waals surface area contributed by atoms with E-state index in [1.807, 2.05) is 6.08 Å². The van der Waals surface area contributed by atoms with E-state index in [1.54, 1.807) is 0 Å². The molecule has 0 aliphatic carbocycles. The van der Waals surface area contributed by atoms with Gasteiger partial charge in [0.15, 0.2) is 0 Å². The third-order valence-corrected chi connectivity index (χ3v) is 3.40. The predicted octanol–water partition coefficient (Wildman–Crippen LogP) is 3.85. The second-order valence-electron chi connectivity index (χ2n) is 4.71. The number of para-hydroxylation sites is 1. The first-order chi connectivity index (χ1) is 8.86. The van der Waals surface area contributed by atoms with Crippen molar-refractivity contribution in [3.05, 3.63) is 48.7 Å². The van der Waals surface area contributed by atoms with Gasteiger partial charge >= 0.3 is 0 Å². The molecule has 2 heteroatoms. The highest BCUT2D eigenvalue weighted by molar-refractivity contribution is 5.83. The molecule has 0 spiro atoms. The average molecular weight is 242 g/mol. The Bertz CT molecular complexity index is 511. The maximum absolute atomic E-state index is 5.80. The van der Waals surface area contributed by atoms with Gasteiger partial charge in [0.2, 0.25) is 0 Å². The summed E-state index contributed by atoms with van der Waals surface area (Å²) < 4.78 is 2.34. The van der Waals surface area contributed by atoms with Gasteiger partial charge in [0.1, 0.15) is 0 Å². The zero-order valence-electron chi connectivity index (χ0n) is 10.9. The van der Waals surface area contributed by atoms with Crippen LogP contribution in [0.2, 0.25) is 0 Å². The minimum Gasteiger partial charge on any atom is -0.347 e. The number of aromatic nitrogens is 1. The molecular formula is C16H22N2. The van der Waals surface area contributed by atoms with Crippen LogP contribution in [0.5, 0.6) is 0 Å². The fourth-order valence-corrected chi connectivity index (χ4v) is 2.42. The van der Waals surface area contributed by atoms with Gasteiger partial charge in [-0.05, 0) is 30.9 Å². The summed E-state index contributed by atoms with van der Waals surface area (Å²) in [5.74, 6) is 0. The third-order valence-electron chi connectivity index (χ3n) is 3.40. The molecule has 2 aromatic rings. The monoisotopic (exact) mass is 242 g/mol. The Morgan fingerprint density at radius 3 is 2.78 bits per heavy atom. The first-order valence-electron chi connectivity index (χ1n) is 6.74. The van der Waals surface area contributed by atoms with Crippen LogP contribution in [-0.4, -0.2) is 4.57 Å². The molecule has 0 radical (unpaired) electrons. The molecule has 0 amide bonds. The molecule has 1 heterocycles. The van der Waals surface area contributed by atoms with Gasteiger partial charge in [0.25, 0.3) is 0 Å². The zero-order chi connectivity index (χ0) is 12.8. The lowest BCUT2D eigenvalue weighted by Crippen LogP contribution is -1.97. The summed E-state index contributed by atoms with van der Waals surface area (Å²) in [6, 6.07) is 8.51. The second kappa shape index (κ2) is 6.41. The highest BCUT2D eigenvalue weighted by Crippen LogP contribution is 2.21. The van der Waals surface area contributed by atoms with Gasteiger partial charge < -0.3 is 10.3 Å². The van der Waals surface area contributed by atoms with E-state index >= 15 is 0 Å². The van der Waals surface area contributed by atoms with Crippen LogP contribution >= 0.6 is 0 Å². The molecule has 96 valence electrons. The molecule has 0 unspecified atom stereocenters. The largest absolute Gasteiger partial charge is 0.347 e. The topological polar surface area (TPSA) is 30.9 Å². The summed E-state index contributed by atoms with van der Waals surface area (Å²) in [6.07, 6.45) is 9.05. The van der Waals surface area contributed by atoms with Gasteiger partial charge in [-0.15, -0.1) is 6.58 Å². The van der Waals surface area contributed by atoms with Gasteiger partial charge in [-0.2, -0.15) is 0 Å². The molecule has 0 aliphatic rings. The molecule has 2 N–H and O–H groups in total. The maximum Gasteiger partial charge on any atom is 0.0483 e. The number of aryl methyl sites for hydroxylation is 1. The van der Waals surface area contributed by atoms with Crippen LogP contribution in [-0.2, 0) is 13.1 Å². The van der Waals surface area contributed by atoms with Crippen molar-refractivity contribution < 1.29 is 0 Å². The van der Waals surface area contributed by atoms with Crippen molar-refractivity contribution in [3.63, 3.8) is 0 Å². The van der Waals surface area contributed by atoms with Gasteiger partial charge in [-0.25, -0.2) is 0 Å². The van der Waals surface area contributed by atoms with Crippen molar-refractivity contribution in [2.24, 2.45) is 5.73 Å². The number of allylic oxidation sites excluding steroid dienone is 1. The Labute approximate surface area is 109 Å². The molecule has 0 saturated carbocycles. The minimum absolute atomic E-state index is 0.615. The van der Waals surface area contributed by atoms with Crippen molar-refractivity contribution >= 4 is 10.9 Å². The van der Waals surface area contributed by atoms with Crippen LogP contribution in [0.15, 0.2) is 43.1 Å². The standard InChI is InChI=1S/C16H22N2/c1-2-3-4-5-8-11-18-13-14(12-17)15-9-6-7-10-16(15)18/h2,6-7,9-10,13H,1,3-5,8,11-12,17H2. The molecule has 18 heavy (non-hydrogen) atoms. The third kappa shape index (κ3) is 2.82. The molecular weight excluding hydrogens is 220 g/mol. The first kappa shape index (κ1) is 12.9. The zero-order valence-corrected chi connectivity index (χ0v) is 10.9. The van der Waals surface area contributed by atoms with Gasteiger partial charge in [0, 0.05) is 30.2 Å². The SMILES string of the molecule is C=CCCCCCn1cc(CN)c2ccccc21. The van der Waals surface area contributed by atoms with Crippen LogP contribution in [0.3, 0.4) is 0 Å². The van der Waals surface area contributed by atoms with E-state index < -0.39 is 0 Å². The van der Waals surface area contributed by atoms with Crippen molar-refractivity contribution in [3.8, 4) is 0 Å². The number of hydrogen-bond acceptors (Lipinski definition) is 1. The number of nitrogens with two attached hydrogens (primary N) is 1. The number of fused-ring (bicyclic) bond motifs is 1. The van der Waals surface area contributed by atoms with Crippen LogP contribution in [0.1, 0.15) is 31.2 Å². The fraction of sp³-hybridized carbons (Fsp3) is 0.375. The van der Waals surface area contributed by atoms with Crippen LogP contribution in [0, 0.1) is 0 Å². The maximum atomic E-state index is 5.80. The Kier molecular flexibility index (Phi) is 4.59. The molecule has 0 aliphatic heterocycles.